The number of ether oxygens (including phenoxy) is 2. The van der Waals surface area contributed by atoms with Gasteiger partial charge in [-0.3, -0.25) is 4.79 Å². The van der Waals surface area contributed by atoms with Crippen molar-refractivity contribution in [2.24, 2.45) is 5.41 Å². The molecule has 2 aliphatic heterocycles. The first-order valence-electron chi connectivity index (χ1n) is 16.1. The molecular weight excluding hydrogens is 621 g/mol. The van der Waals surface area contributed by atoms with Crippen molar-refractivity contribution in [2.45, 2.75) is 103 Å². The van der Waals surface area contributed by atoms with Gasteiger partial charge in [-0.25, -0.2) is 4.79 Å². The van der Waals surface area contributed by atoms with Crippen LogP contribution in [0.4, 0.5) is 0 Å². The van der Waals surface area contributed by atoms with Crippen LogP contribution in [0.1, 0.15) is 27.7 Å². The number of esters is 2. The van der Waals surface area contributed by atoms with Crippen molar-refractivity contribution in [3.8, 4) is 11.5 Å². The smallest absolute Gasteiger partial charge is 0.338 e. The van der Waals surface area contributed by atoms with Crippen molar-refractivity contribution in [1.82, 2.24) is 0 Å². The monoisotopic (exact) mass is 678 g/mol. The van der Waals surface area contributed by atoms with E-state index < -0.39 is 35.8 Å². The van der Waals surface area contributed by atoms with E-state index in [1.807, 2.05) is 50.2 Å². The highest BCUT2D eigenvalue weighted by Crippen LogP contribution is 2.57. The summed E-state index contributed by atoms with van der Waals surface area (Å²) in [6.45, 7) is 34.0. The van der Waals surface area contributed by atoms with E-state index in [0.29, 0.717) is 22.1 Å². The summed E-state index contributed by atoms with van der Waals surface area (Å²) in [5, 5.41) is 0.456. The Balaban J connectivity index is 0.000000246. The molecule has 246 valence electrons. The third kappa shape index (κ3) is 9.50. The highest BCUT2D eigenvalue weighted by molar-refractivity contribution is 7.43. The number of rotatable bonds is 7. The molecule has 3 aliphatic rings. The second kappa shape index (κ2) is 14.5. The number of carbonyl (C=O) groups is 2. The van der Waals surface area contributed by atoms with E-state index in [2.05, 4.69) is 96.7 Å². The number of fused-ring (bicyclic) bond motifs is 1. The van der Waals surface area contributed by atoms with Crippen molar-refractivity contribution < 1.29 is 19.1 Å². The molecule has 0 fully saturated rings. The molecule has 0 amide bonds. The maximum atomic E-state index is 12.5. The van der Waals surface area contributed by atoms with Gasteiger partial charge < -0.3 is 9.47 Å². The van der Waals surface area contributed by atoms with Gasteiger partial charge in [0.1, 0.15) is 11.5 Å². The summed E-state index contributed by atoms with van der Waals surface area (Å²) >= 11 is 0. The summed E-state index contributed by atoms with van der Waals surface area (Å²) < 4.78 is 10.5. The van der Waals surface area contributed by atoms with Crippen molar-refractivity contribution in [3.63, 3.8) is 0 Å². The minimum atomic E-state index is -1.38. The number of allylic oxidation sites excluding steroid dienone is 4. The van der Waals surface area contributed by atoms with Crippen molar-refractivity contribution in [3.05, 3.63) is 97.1 Å². The summed E-state index contributed by atoms with van der Waals surface area (Å²) in [5.41, 5.74) is 0.820. The number of benzene rings is 2. The molecule has 0 radical (unpaired) electrons. The molecule has 4 nitrogen and oxygen atoms in total. The van der Waals surface area contributed by atoms with Gasteiger partial charge in [0.15, 0.2) is 0 Å². The van der Waals surface area contributed by atoms with E-state index in [1.54, 1.807) is 31.2 Å². The van der Waals surface area contributed by atoms with Crippen LogP contribution in [0.15, 0.2) is 97.1 Å². The fourth-order valence-electron chi connectivity index (χ4n) is 5.59. The Bertz CT molecular complexity index is 1370. The van der Waals surface area contributed by atoms with E-state index in [-0.39, 0.29) is 11.9 Å². The van der Waals surface area contributed by atoms with Crippen molar-refractivity contribution in [1.29, 1.82) is 0 Å². The van der Waals surface area contributed by atoms with Gasteiger partial charge >= 0.3 is 11.9 Å². The maximum absolute atomic E-state index is 12.5. The van der Waals surface area contributed by atoms with Gasteiger partial charge in [0.2, 0.25) is 0 Å². The molecule has 1 aliphatic carbocycles. The fourth-order valence-corrected chi connectivity index (χ4v) is 23.5. The Labute approximate surface area is 277 Å². The summed E-state index contributed by atoms with van der Waals surface area (Å²) in [6, 6.07) is 19.3. The van der Waals surface area contributed by atoms with Gasteiger partial charge in [0.25, 0.3) is 0 Å². The Kier molecular flexibility index (Phi) is 12.4. The number of para-hydroxylation sites is 2. The normalized spacial score (nSPS) is 21.0. The SMILES string of the molecule is C=C(C)C(=O)Oc1ccccc1.CC(C)(C[Si](C)(C)[Si](C)(C)C)C(=O)Oc1ccccc1.CC12C=CC(C=C1)[Si](C)(C)[Si]2(C)C. The third-order valence-corrected chi connectivity index (χ3v) is 49.9. The molecule has 5 rings (SSSR count). The van der Waals surface area contributed by atoms with Crippen LogP contribution in [0.25, 0.3) is 0 Å². The predicted molar refractivity (Wildman–Crippen MR) is 204 cm³/mol. The van der Waals surface area contributed by atoms with Crippen LogP contribution >= 0.6 is 0 Å². The standard InChI is InChI=1S/C16H28O2Si2.C11H20Si2.C10H10O2/c1-16(2,13-20(6,7)19(3,4)5)15(17)18-14-11-9-8-10-12-14;1-11-8-6-10(7-9-11)12(2,3)13(11,4)5;1-8(2)10(11)12-9-6-4-3-5-7-9/h8-12H,13H2,1-7H3;6-10H,1-5H3;3-7H,1H2,2H3. The first kappa shape index (κ1) is 38.6. The molecular formula is C37H58O4Si4. The lowest BCUT2D eigenvalue weighted by molar-refractivity contribution is -0.143. The van der Waals surface area contributed by atoms with Gasteiger partial charge in [-0.05, 0) is 61.7 Å². The minimum Gasteiger partial charge on any atom is -0.426 e. The molecule has 0 aromatic heterocycles. The lowest BCUT2D eigenvalue weighted by atomic mass is 9.97. The van der Waals surface area contributed by atoms with Crippen LogP contribution in [0.3, 0.4) is 0 Å². The number of hydrogen-bond donors (Lipinski definition) is 0. The second-order valence-corrected chi connectivity index (χ2v) is 49.5. The van der Waals surface area contributed by atoms with Gasteiger partial charge in [0.05, 0.1) is 20.6 Å². The average molecular weight is 679 g/mol. The van der Waals surface area contributed by atoms with Crippen LogP contribution in [-0.2, 0) is 9.59 Å². The molecule has 2 aromatic carbocycles. The zero-order valence-electron chi connectivity index (χ0n) is 30.2. The molecule has 2 aromatic rings. The van der Waals surface area contributed by atoms with E-state index in [0.717, 1.165) is 11.6 Å². The molecule has 0 saturated carbocycles. The zero-order valence-corrected chi connectivity index (χ0v) is 34.2. The zero-order chi connectivity index (χ0) is 34.5. The minimum absolute atomic E-state index is 0.109. The quantitative estimate of drug-likeness (QED) is 0.0961. The average Bonchev–Trinajstić information content (AvgIpc) is 2.93. The number of carbonyl (C=O) groups excluding carboxylic acids is 2. The van der Waals surface area contributed by atoms with Gasteiger partial charge in [0, 0.05) is 20.8 Å². The molecule has 0 spiro atoms. The summed E-state index contributed by atoms with van der Waals surface area (Å²) in [6.07, 6.45) is 9.93. The molecule has 8 heteroatoms. The van der Waals surface area contributed by atoms with E-state index in [9.17, 15) is 9.59 Å². The van der Waals surface area contributed by atoms with Crippen molar-refractivity contribution in [2.75, 3.05) is 0 Å². The Hall–Kier alpha value is -2.53. The number of hydrogen-bond acceptors (Lipinski definition) is 4. The topological polar surface area (TPSA) is 52.6 Å². The first-order chi connectivity index (χ1) is 20.5. The lowest BCUT2D eigenvalue weighted by Crippen LogP contribution is -2.66. The molecule has 2 bridgehead atoms. The fraction of sp³-hybridized carbons (Fsp3) is 0.459. The Morgan fingerprint density at radius 2 is 1.24 bits per heavy atom. The predicted octanol–water partition coefficient (Wildman–Crippen LogP) is 10.7. The van der Waals surface area contributed by atoms with Crippen LogP contribution < -0.4 is 9.47 Å². The summed E-state index contributed by atoms with van der Waals surface area (Å²) in [7, 11) is -4.65. The summed E-state index contributed by atoms with van der Waals surface area (Å²) in [5.74, 6) is 0.687. The Morgan fingerprint density at radius 1 is 0.822 bits per heavy atom. The van der Waals surface area contributed by atoms with E-state index >= 15 is 0 Å². The highest BCUT2D eigenvalue weighted by Gasteiger charge is 2.58. The summed E-state index contributed by atoms with van der Waals surface area (Å²) in [4.78, 5) is 23.4. The second-order valence-electron chi connectivity index (χ2n) is 16.3. The van der Waals surface area contributed by atoms with Crippen LogP contribution in [0, 0.1) is 5.41 Å². The molecule has 0 saturated heterocycles. The van der Waals surface area contributed by atoms with Crippen LogP contribution in [0.2, 0.25) is 75.5 Å². The Morgan fingerprint density at radius 3 is 1.60 bits per heavy atom. The van der Waals surface area contributed by atoms with Crippen LogP contribution in [-0.4, -0.2) is 42.3 Å². The van der Waals surface area contributed by atoms with Crippen LogP contribution in [0.5, 0.6) is 11.5 Å². The van der Waals surface area contributed by atoms with Gasteiger partial charge in [-0.1, -0.05) is 133 Å². The molecule has 0 unspecified atom stereocenters. The molecule has 0 atom stereocenters. The third-order valence-electron chi connectivity index (χ3n) is 10.8. The van der Waals surface area contributed by atoms with Gasteiger partial charge in [-0.2, -0.15) is 0 Å². The first-order valence-corrected chi connectivity index (χ1v) is 30.8. The van der Waals surface area contributed by atoms with E-state index in [4.69, 9.17) is 9.47 Å². The molecule has 2 heterocycles. The highest BCUT2D eigenvalue weighted by atomic mass is 29.3. The lowest BCUT2D eigenvalue weighted by Gasteiger charge is -2.57. The molecule has 45 heavy (non-hydrogen) atoms. The maximum Gasteiger partial charge on any atom is 0.338 e. The largest absolute Gasteiger partial charge is 0.426 e. The van der Waals surface area contributed by atoms with E-state index in [1.165, 1.54) is 0 Å². The molecule has 0 N–H and O–H groups in total. The van der Waals surface area contributed by atoms with Crippen molar-refractivity contribution >= 4 is 42.3 Å². The van der Waals surface area contributed by atoms with Gasteiger partial charge in [-0.15, -0.1) is 0 Å².